The molecule has 4 heteroatoms. The number of carbonyl (C=O) groups excluding carboxylic acids is 1. The number of methoxy groups -OCH3 is 1. The molecule has 0 aliphatic carbocycles. The van der Waals surface area contributed by atoms with E-state index in [1.807, 2.05) is 4.90 Å². The van der Waals surface area contributed by atoms with Crippen LogP contribution in [0.4, 0.5) is 5.69 Å². The number of likely N-dealkylation sites (tertiary alicyclic amines) is 1. The second-order valence-electron chi connectivity index (χ2n) is 5.42. The van der Waals surface area contributed by atoms with Gasteiger partial charge in [0, 0.05) is 18.8 Å². The third kappa shape index (κ3) is 3.06. The number of hydrogen-bond acceptors (Lipinski definition) is 3. The van der Waals surface area contributed by atoms with Gasteiger partial charge in [-0.2, -0.15) is 0 Å². The molecule has 0 bridgehead atoms. The number of anilines is 1. The van der Waals surface area contributed by atoms with Crippen LogP contribution in [0, 0.1) is 5.92 Å². The predicted octanol–water partition coefficient (Wildman–Crippen LogP) is 2.93. The molecule has 2 N–H and O–H groups in total. The topological polar surface area (TPSA) is 55.6 Å². The maximum Gasteiger partial charge on any atom is 0.259 e. The molecular weight excluding hydrogens is 252 g/mol. The number of ether oxygens (including phenoxy) is 1. The average molecular weight is 276 g/mol. The van der Waals surface area contributed by atoms with E-state index in [1.54, 1.807) is 25.3 Å². The van der Waals surface area contributed by atoms with Gasteiger partial charge in [-0.15, -0.1) is 0 Å². The van der Waals surface area contributed by atoms with Crippen molar-refractivity contribution in [1.82, 2.24) is 4.90 Å². The number of nitrogen functional groups attached to an aromatic ring is 1. The van der Waals surface area contributed by atoms with Crippen molar-refractivity contribution in [2.75, 3.05) is 25.9 Å². The number of rotatable bonds is 3. The number of hydrogen-bond donors (Lipinski definition) is 1. The zero-order valence-corrected chi connectivity index (χ0v) is 12.4. The fraction of sp³-hybridized carbons (Fsp3) is 0.562. The summed E-state index contributed by atoms with van der Waals surface area (Å²) in [4.78, 5) is 14.6. The molecule has 1 aromatic rings. The van der Waals surface area contributed by atoms with Crippen LogP contribution in [0.2, 0.25) is 0 Å². The van der Waals surface area contributed by atoms with Crippen molar-refractivity contribution in [3.63, 3.8) is 0 Å². The lowest BCUT2D eigenvalue weighted by molar-refractivity contribution is 0.0757. The smallest absolute Gasteiger partial charge is 0.259 e. The zero-order chi connectivity index (χ0) is 14.5. The van der Waals surface area contributed by atoms with Crippen molar-refractivity contribution in [1.29, 1.82) is 0 Å². The quantitative estimate of drug-likeness (QED) is 0.864. The van der Waals surface area contributed by atoms with Crippen molar-refractivity contribution in [2.24, 2.45) is 5.92 Å². The van der Waals surface area contributed by atoms with Crippen LogP contribution in [0.15, 0.2) is 18.2 Å². The van der Waals surface area contributed by atoms with Crippen LogP contribution in [0.5, 0.6) is 5.75 Å². The predicted molar refractivity (Wildman–Crippen MR) is 80.9 cm³/mol. The Bertz CT molecular complexity index is 474. The Balaban J connectivity index is 2.19. The van der Waals surface area contributed by atoms with Crippen molar-refractivity contribution in [3.05, 3.63) is 23.8 Å². The van der Waals surface area contributed by atoms with Gasteiger partial charge >= 0.3 is 0 Å². The van der Waals surface area contributed by atoms with Gasteiger partial charge in [-0.1, -0.05) is 19.4 Å². The van der Waals surface area contributed by atoms with E-state index in [9.17, 15) is 4.79 Å². The van der Waals surface area contributed by atoms with Crippen molar-refractivity contribution in [2.45, 2.75) is 32.6 Å². The zero-order valence-electron chi connectivity index (χ0n) is 12.4. The van der Waals surface area contributed by atoms with E-state index in [0.717, 1.165) is 31.8 Å². The maximum atomic E-state index is 12.7. The van der Waals surface area contributed by atoms with Gasteiger partial charge in [0.1, 0.15) is 11.3 Å². The lowest BCUT2D eigenvalue weighted by Gasteiger charge is -2.22. The summed E-state index contributed by atoms with van der Waals surface area (Å²) in [7, 11) is 1.57. The summed E-state index contributed by atoms with van der Waals surface area (Å²) in [6.07, 6.45) is 4.55. The Labute approximate surface area is 120 Å². The Morgan fingerprint density at radius 2 is 2.20 bits per heavy atom. The second kappa shape index (κ2) is 6.64. The molecule has 1 aromatic carbocycles. The highest BCUT2D eigenvalue weighted by molar-refractivity contribution is 6.01. The molecule has 1 aliphatic rings. The summed E-state index contributed by atoms with van der Waals surface area (Å²) in [5.41, 5.74) is 6.97. The van der Waals surface area contributed by atoms with Crippen LogP contribution in [0.3, 0.4) is 0 Å². The standard InChI is InChI=1S/C16H24N2O2/c1-3-12-6-5-10-18(11-9-12)16(19)15-13(17)7-4-8-14(15)20-2/h4,7-8,12H,3,5-6,9-11,17H2,1-2H3. The first kappa shape index (κ1) is 14.7. The maximum absolute atomic E-state index is 12.7. The molecule has 1 unspecified atom stereocenters. The molecule has 1 atom stereocenters. The minimum Gasteiger partial charge on any atom is -0.496 e. The number of nitrogens with zero attached hydrogens (tertiary/aromatic N) is 1. The largest absolute Gasteiger partial charge is 0.496 e. The molecule has 2 rings (SSSR count). The Morgan fingerprint density at radius 3 is 2.90 bits per heavy atom. The number of nitrogens with two attached hydrogens (primary N) is 1. The summed E-state index contributed by atoms with van der Waals surface area (Å²) in [5, 5.41) is 0. The fourth-order valence-electron chi connectivity index (χ4n) is 2.88. The number of amides is 1. The summed E-state index contributed by atoms with van der Waals surface area (Å²) < 4.78 is 5.28. The van der Waals surface area contributed by atoms with Crippen molar-refractivity contribution < 1.29 is 9.53 Å². The molecule has 0 radical (unpaired) electrons. The Hall–Kier alpha value is -1.71. The normalized spacial score (nSPS) is 19.5. The van der Waals surface area contributed by atoms with Crippen molar-refractivity contribution in [3.8, 4) is 5.75 Å². The average Bonchev–Trinajstić information content (AvgIpc) is 2.71. The molecule has 0 aromatic heterocycles. The van der Waals surface area contributed by atoms with Gasteiger partial charge in [0.25, 0.3) is 5.91 Å². The molecule has 0 spiro atoms. The number of carbonyl (C=O) groups is 1. The molecule has 4 nitrogen and oxygen atoms in total. The highest BCUT2D eigenvalue weighted by atomic mass is 16.5. The van der Waals surface area contributed by atoms with Crippen LogP contribution < -0.4 is 10.5 Å². The van der Waals surface area contributed by atoms with Gasteiger partial charge in [0.05, 0.1) is 7.11 Å². The first-order valence-corrected chi connectivity index (χ1v) is 7.39. The summed E-state index contributed by atoms with van der Waals surface area (Å²) in [5.74, 6) is 1.30. The van der Waals surface area contributed by atoms with E-state index in [2.05, 4.69) is 6.92 Å². The van der Waals surface area contributed by atoms with E-state index < -0.39 is 0 Å². The molecule has 1 fully saturated rings. The minimum atomic E-state index is -0.00305. The molecule has 1 heterocycles. The van der Waals surface area contributed by atoms with Crippen LogP contribution in [0.25, 0.3) is 0 Å². The Morgan fingerprint density at radius 1 is 1.40 bits per heavy atom. The van der Waals surface area contributed by atoms with E-state index >= 15 is 0 Å². The van der Waals surface area contributed by atoms with E-state index in [1.165, 1.54) is 12.8 Å². The second-order valence-corrected chi connectivity index (χ2v) is 5.42. The van der Waals surface area contributed by atoms with E-state index in [4.69, 9.17) is 10.5 Å². The van der Waals surface area contributed by atoms with Gasteiger partial charge in [-0.3, -0.25) is 4.79 Å². The van der Waals surface area contributed by atoms with Crippen LogP contribution in [-0.2, 0) is 0 Å². The van der Waals surface area contributed by atoms with Crippen molar-refractivity contribution >= 4 is 11.6 Å². The molecule has 110 valence electrons. The van der Waals surface area contributed by atoms with Gasteiger partial charge in [0.2, 0.25) is 0 Å². The molecule has 1 amide bonds. The minimum absolute atomic E-state index is 0.00305. The van der Waals surface area contributed by atoms with Gasteiger partial charge in [0.15, 0.2) is 0 Å². The van der Waals surface area contributed by atoms with Crippen LogP contribution in [0.1, 0.15) is 43.0 Å². The third-order valence-electron chi connectivity index (χ3n) is 4.20. The lowest BCUT2D eigenvalue weighted by Crippen LogP contribution is -2.32. The van der Waals surface area contributed by atoms with Crippen LogP contribution in [-0.4, -0.2) is 31.0 Å². The molecule has 0 saturated carbocycles. The molecular formula is C16H24N2O2. The van der Waals surface area contributed by atoms with E-state index in [-0.39, 0.29) is 5.91 Å². The van der Waals surface area contributed by atoms with Crippen LogP contribution >= 0.6 is 0 Å². The summed E-state index contributed by atoms with van der Waals surface area (Å²) in [6, 6.07) is 5.35. The highest BCUT2D eigenvalue weighted by Crippen LogP contribution is 2.28. The highest BCUT2D eigenvalue weighted by Gasteiger charge is 2.24. The summed E-state index contributed by atoms with van der Waals surface area (Å²) in [6.45, 7) is 3.85. The third-order valence-corrected chi connectivity index (χ3v) is 4.20. The summed E-state index contributed by atoms with van der Waals surface area (Å²) >= 11 is 0. The lowest BCUT2D eigenvalue weighted by atomic mass is 9.98. The number of benzene rings is 1. The van der Waals surface area contributed by atoms with Gasteiger partial charge in [-0.05, 0) is 37.3 Å². The SMILES string of the molecule is CCC1CCCN(C(=O)c2c(N)cccc2OC)CC1. The monoisotopic (exact) mass is 276 g/mol. The fourth-order valence-corrected chi connectivity index (χ4v) is 2.88. The molecule has 20 heavy (non-hydrogen) atoms. The molecule has 1 aliphatic heterocycles. The first-order chi connectivity index (χ1) is 9.67. The molecule has 1 saturated heterocycles. The Kier molecular flexibility index (Phi) is 4.88. The van der Waals surface area contributed by atoms with E-state index in [0.29, 0.717) is 17.0 Å². The van der Waals surface area contributed by atoms with Gasteiger partial charge < -0.3 is 15.4 Å². The first-order valence-electron chi connectivity index (χ1n) is 7.39. The van der Waals surface area contributed by atoms with Gasteiger partial charge in [-0.25, -0.2) is 0 Å².